The van der Waals surface area contributed by atoms with E-state index in [0.29, 0.717) is 18.0 Å². The number of rotatable bonds is 1. The van der Waals surface area contributed by atoms with Crippen molar-refractivity contribution < 1.29 is 4.84 Å². The van der Waals surface area contributed by atoms with Gasteiger partial charge in [-0.25, -0.2) is 5.01 Å². The van der Waals surface area contributed by atoms with Crippen LogP contribution < -0.4 is 5.73 Å². The molecule has 0 unspecified atom stereocenters. The van der Waals surface area contributed by atoms with Gasteiger partial charge in [0, 0.05) is 12.1 Å². The van der Waals surface area contributed by atoms with Gasteiger partial charge < -0.3 is 21.3 Å². The summed E-state index contributed by atoms with van der Waals surface area (Å²) in [6, 6.07) is 0.987. The van der Waals surface area contributed by atoms with Gasteiger partial charge in [-0.1, -0.05) is 6.42 Å². The first kappa shape index (κ1) is 9.61. The van der Waals surface area contributed by atoms with Crippen LogP contribution >= 0.6 is 0 Å². The van der Waals surface area contributed by atoms with E-state index in [0.717, 1.165) is 0 Å². The zero-order valence-electron chi connectivity index (χ0n) is 8.68. The summed E-state index contributed by atoms with van der Waals surface area (Å²) in [7, 11) is 0. The molecule has 0 aromatic carbocycles. The predicted octanol–water partition coefficient (Wildman–Crippen LogP) is 1.46. The van der Waals surface area contributed by atoms with Crippen molar-refractivity contribution in [3.8, 4) is 0 Å². The second-order valence-corrected chi connectivity index (χ2v) is 4.03. The fourth-order valence-corrected chi connectivity index (χ4v) is 2.17. The summed E-state index contributed by atoms with van der Waals surface area (Å²) in [6.45, 7) is 4.40. The number of nitrogens with zero attached hydrogens (tertiary/aromatic N) is 3. The molecule has 2 aliphatic rings. The van der Waals surface area contributed by atoms with Gasteiger partial charge in [0.2, 0.25) is 0 Å². The van der Waals surface area contributed by atoms with Gasteiger partial charge in [0.1, 0.15) is 0 Å². The first-order valence-corrected chi connectivity index (χ1v) is 5.11. The van der Waals surface area contributed by atoms with E-state index in [-0.39, 0.29) is 0 Å². The Bertz CT molecular complexity index is 233. The monoisotopic (exact) mass is 197 g/mol. The van der Waals surface area contributed by atoms with Gasteiger partial charge in [0.05, 0.1) is 6.20 Å². The highest BCUT2D eigenvalue weighted by Gasteiger charge is 2.26. The average molecular weight is 197 g/mol. The summed E-state index contributed by atoms with van der Waals surface area (Å²) >= 11 is 0. The van der Waals surface area contributed by atoms with Crippen molar-refractivity contribution >= 4 is 0 Å². The maximum absolute atomic E-state index is 5.50. The molecule has 14 heavy (non-hydrogen) atoms. The third kappa shape index (κ3) is 1.65. The van der Waals surface area contributed by atoms with E-state index in [1.54, 1.807) is 11.3 Å². The minimum absolute atomic E-state index is 0.356. The van der Waals surface area contributed by atoms with Gasteiger partial charge in [-0.3, -0.25) is 0 Å². The van der Waals surface area contributed by atoms with Crippen LogP contribution in [0.25, 0.3) is 5.59 Å². The van der Waals surface area contributed by atoms with Crippen LogP contribution in [0.3, 0.4) is 0 Å². The smallest absolute Gasteiger partial charge is 0.186 e. The molecule has 2 atom stereocenters. The highest BCUT2D eigenvalue weighted by molar-refractivity contribution is 4.98. The number of nitrogens with two attached hydrogens (primary N) is 1. The maximum atomic E-state index is 5.50. The lowest BCUT2D eigenvalue weighted by atomic mass is 10.00. The average Bonchev–Trinajstić information content (AvgIpc) is 2.51. The minimum Gasteiger partial charge on any atom is -0.556 e. The van der Waals surface area contributed by atoms with E-state index in [1.807, 2.05) is 0 Å². The fraction of sp³-hybridized carbons (Fsp3) is 0.778. The lowest BCUT2D eigenvalue weighted by Gasteiger charge is -2.49. The molecule has 0 radical (unpaired) electrons. The van der Waals surface area contributed by atoms with Gasteiger partial charge in [-0.05, 0) is 26.7 Å². The largest absolute Gasteiger partial charge is 0.556 e. The number of hydrogen-bond donors (Lipinski definition) is 1. The Labute approximate surface area is 84.4 Å². The third-order valence-corrected chi connectivity index (χ3v) is 2.86. The van der Waals surface area contributed by atoms with Gasteiger partial charge in [-0.2, -0.15) is 0 Å². The summed E-state index contributed by atoms with van der Waals surface area (Å²) < 4.78 is 0. The molecule has 1 fully saturated rings. The van der Waals surface area contributed by atoms with Crippen molar-refractivity contribution in [3.05, 3.63) is 17.7 Å². The van der Waals surface area contributed by atoms with Crippen LogP contribution in [-0.2, 0) is 4.84 Å². The maximum Gasteiger partial charge on any atom is 0.186 e. The molecule has 1 saturated heterocycles. The zero-order chi connectivity index (χ0) is 10.1. The topological polar surface area (TPSA) is 55.8 Å². The molecule has 0 aromatic heterocycles. The Morgan fingerprint density at radius 1 is 1.43 bits per heavy atom. The molecule has 2 aliphatic heterocycles. The fourth-order valence-electron chi connectivity index (χ4n) is 2.17. The van der Waals surface area contributed by atoms with Crippen molar-refractivity contribution in [3.63, 3.8) is 0 Å². The van der Waals surface area contributed by atoms with Gasteiger partial charge in [0.25, 0.3) is 0 Å². The van der Waals surface area contributed by atoms with Gasteiger partial charge in [0.15, 0.2) is 5.88 Å². The molecule has 0 aromatic rings. The van der Waals surface area contributed by atoms with Crippen LogP contribution in [0.15, 0.2) is 12.1 Å². The molecule has 5 nitrogen and oxygen atoms in total. The third-order valence-electron chi connectivity index (χ3n) is 2.86. The molecule has 0 spiro atoms. The van der Waals surface area contributed by atoms with Gasteiger partial charge in [-0.15, -0.1) is 0 Å². The molecule has 0 aliphatic carbocycles. The van der Waals surface area contributed by atoms with Gasteiger partial charge >= 0.3 is 0 Å². The Kier molecular flexibility index (Phi) is 2.52. The summed E-state index contributed by atoms with van der Waals surface area (Å²) in [5.74, 6) is 0.356. The van der Waals surface area contributed by atoms with Crippen LogP contribution in [-0.4, -0.2) is 22.2 Å². The van der Waals surface area contributed by atoms with Crippen molar-refractivity contribution in [2.24, 2.45) is 5.73 Å². The molecule has 0 bridgehead atoms. The molecule has 80 valence electrons. The van der Waals surface area contributed by atoms with Crippen LogP contribution in [0.2, 0.25) is 0 Å². The van der Waals surface area contributed by atoms with E-state index < -0.39 is 0 Å². The highest BCUT2D eigenvalue weighted by atomic mass is 16.7. The van der Waals surface area contributed by atoms with E-state index >= 15 is 0 Å². The summed E-state index contributed by atoms with van der Waals surface area (Å²) in [4.78, 5) is 4.86. The summed E-state index contributed by atoms with van der Waals surface area (Å²) in [5.41, 5.74) is 9.38. The predicted molar refractivity (Wildman–Crippen MR) is 53.2 cm³/mol. The summed E-state index contributed by atoms with van der Waals surface area (Å²) in [6.07, 6.45) is 5.40. The zero-order valence-corrected chi connectivity index (χ0v) is 8.68. The Morgan fingerprint density at radius 2 is 2.07 bits per heavy atom. The number of piperidine rings is 1. The van der Waals surface area contributed by atoms with Crippen molar-refractivity contribution in [1.82, 2.24) is 10.1 Å². The summed E-state index contributed by atoms with van der Waals surface area (Å²) in [5, 5.41) is 3.94. The second kappa shape index (κ2) is 3.67. The Morgan fingerprint density at radius 3 is 2.57 bits per heavy atom. The molecule has 0 amide bonds. The minimum atomic E-state index is 0.356. The van der Waals surface area contributed by atoms with Crippen LogP contribution in [0.5, 0.6) is 0 Å². The standard InChI is InChI=1S/C9H17N4O/c1-7-4-3-5-8(2)13(7)12-6-9(10)14-11-12/h6-8H,3-5,10H2,1-2H3/q-1/t7-,8+. The lowest BCUT2D eigenvalue weighted by molar-refractivity contribution is -0.0627. The Balaban J connectivity index is 2.07. The molecular formula is C9H17N4O-. The van der Waals surface area contributed by atoms with Crippen LogP contribution in [0, 0.1) is 0 Å². The quantitative estimate of drug-likeness (QED) is 0.691. The second-order valence-electron chi connectivity index (χ2n) is 4.03. The molecule has 0 saturated carbocycles. The van der Waals surface area contributed by atoms with E-state index in [9.17, 15) is 0 Å². The van der Waals surface area contributed by atoms with Crippen molar-refractivity contribution in [1.29, 1.82) is 0 Å². The highest BCUT2D eigenvalue weighted by Crippen LogP contribution is 2.28. The van der Waals surface area contributed by atoms with Crippen LogP contribution in [0.1, 0.15) is 33.1 Å². The molecular weight excluding hydrogens is 180 g/mol. The van der Waals surface area contributed by atoms with Crippen LogP contribution in [0.4, 0.5) is 0 Å². The molecule has 2 heterocycles. The first-order valence-electron chi connectivity index (χ1n) is 5.11. The molecule has 2 rings (SSSR count). The molecule has 5 heteroatoms. The number of hydrogen-bond acceptors (Lipinski definition) is 4. The molecule has 2 N–H and O–H groups in total. The van der Waals surface area contributed by atoms with Crippen molar-refractivity contribution in [2.75, 3.05) is 0 Å². The van der Waals surface area contributed by atoms with E-state index in [2.05, 4.69) is 24.4 Å². The Hall–Kier alpha value is -0.940. The normalized spacial score (nSPS) is 34.1. The van der Waals surface area contributed by atoms with E-state index in [1.165, 1.54) is 19.3 Å². The van der Waals surface area contributed by atoms with E-state index in [4.69, 9.17) is 10.6 Å². The lowest BCUT2D eigenvalue weighted by Crippen LogP contribution is -2.49. The van der Waals surface area contributed by atoms with Crippen molar-refractivity contribution in [2.45, 2.75) is 45.2 Å². The first-order chi connectivity index (χ1) is 6.68. The number of hydrazine groups is 1. The SMILES string of the molecule is C[C@@H]1CCC[C@H](C)N1N1C=C(N)O[N-]1.